The number of allylic oxidation sites excluding steroid dienone is 1. The lowest BCUT2D eigenvalue weighted by atomic mass is 10.2. The Hall–Kier alpha value is -2.31. The number of nitrogens with zero attached hydrogens (tertiary/aromatic N) is 1. The van der Waals surface area contributed by atoms with E-state index in [-0.39, 0.29) is 0 Å². The molecule has 0 amide bonds. The summed E-state index contributed by atoms with van der Waals surface area (Å²) in [4.78, 5) is 0. The van der Waals surface area contributed by atoms with Gasteiger partial charge in [0.1, 0.15) is 18.2 Å². The van der Waals surface area contributed by atoms with E-state index in [0.29, 0.717) is 22.1 Å². The minimum Gasteiger partial charge on any atom is -0.457 e. The molecule has 100 valence electrons. The molecule has 0 fully saturated rings. The Bertz CT molecular complexity index is 659. The highest BCUT2D eigenvalue weighted by Gasteiger charge is 2.03. The van der Waals surface area contributed by atoms with Crippen LogP contribution in [0.2, 0.25) is 5.02 Å². The fourth-order valence-corrected chi connectivity index (χ4v) is 1.80. The third kappa shape index (κ3) is 3.59. The number of hydrogen-bond donors (Lipinski definition) is 0. The van der Waals surface area contributed by atoms with E-state index in [9.17, 15) is 4.39 Å². The molecule has 2 aromatic rings. The lowest BCUT2D eigenvalue weighted by molar-refractivity contribution is 0.468. The summed E-state index contributed by atoms with van der Waals surface area (Å²) in [7, 11) is 0. The van der Waals surface area contributed by atoms with E-state index in [1.54, 1.807) is 36.4 Å². The third-order valence-electron chi connectivity index (χ3n) is 2.63. The van der Waals surface area contributed by atoms with Crippen LogP contribution in [0.1, 0.15) is 11.1 Å². The van der Waals surface area contributed by atoms with Crippen molar-refractivity contribution in [1.82, 2.24) is 0 Å². The van der Waals surface area contributed by atoms with Crippen molar-refractivity contribution in [1.29, 1.82) is 5.26 Å². The van der Waals surface area contributed by atoms with Gasteiger partial charge in [0.15, 0.2) is 0 Å². The van der Waals surface area contributed by atoms with Gasteiger partial charge in [-0.15, -0.1) is 0 Å². The van der Waals surface area contributed by atoms with Gasteiger partial charge in [0.25, 0.3) is 0 Å². The number of hydrogen-bond acceptors (Lipinski definition) is 2. The molecule has 0 atom stereocenters. The fourth-order valence-electron chi connectivity index (χ4n) is 1.63. The lowest BCUT2D eigenvalue weighted by Crippen LogP contribution is -1.87. The molecule has 0 spiro atoms. The smallest absolute Gasteiger partial charge is 0.127 e. The van der Waals surface area contributed by atoms with Crippen LogP contribution in [0.25, 0.3) is 6.08 Å². The predicted octanol–water partition coefficient (Wildman–Crippen LogP) is 5.14. The number of ether oxygens (including phenoxy) is 1. The van der Waals surface area contributed by atoms with Crippen LogP contribution < -0.4 is 4.74 Å². The molecule has 0 radical (unpaired) electrons. The van der Waals surface area contributed by atoms with E-state index >= 15 is 0 Å². The van der Waals surface area contributed by atoms with Gasteiger partial charge in [-0.1, -0.05) is 23.7 Å². The van der Waals surface area contributed by atoms with Gasteiger partial charge >= 0.3 is 0 Å². The van der Waals surface area contributed by atoms with Crippen LogP contribution in [0.5, 0.6) is 11.5 Å². The summed E-state index contributed by atoms with van der Waals surface area (Å²) < 4.78 is 18.3. The van der Waals surface area contributed by atoms with Gasteiger partial charge in [0, 0.05) is 16.7 Å². The quantitative estimate of drug-likeness (QED) is 0.730. The number of alkyl halides is 1. The minimum atomic E-state index is -0.631. The highest BCUT2D eigenvalue weighted by atomic mass is 35.5. The highest BCUT2D eigenvalue weighted by Crippen LogP contribution is 2.27. The van der Waals surface area contributed by atoms with Crippen LogP contribution in [-0.2, 0) is 6.67 Å². The van der Waals surface area contributed by atoms with Crippen molar-refractivity contribution in [3.05, 3.63) is 64.7 Å². The van der Waals surface area contributed by atoms with Crippen molar-refractivity contribution in [2.45, 2.75) is 6.67 Å². The van der Waals surface area contributed by atoms with Gasteiger partial charge in [-0.2, -0.15) is 5.26 Å². The minimum absolute atomic E-state index is 0.386. The molecule has 0 aliphatic heterocycles. The molecule has 0 heterocycles. The second kappa shape index (κ2) is 6.74. The molecular weight excluding hydrogens is 277 g/mol. The van der Waals surface area contributed by atoms with Crippen LogP contribution in [0.3, 0.4) is 0 Å². The monoisotopic (exact) mass is 287 g/mol. The number of benzene rings is 2. The third-order valence-corrected chi connectivity index (χ3v) is 3.00. The Morgan fingerprint density at radius 3 is 2.50 bits per heavy atom. The maximum Gasteiger partial charge on any atom is 0.127 e. The number of nitriles is 1. The first-order valence-corrected chi connectivity index (χ1v) is 6.29. The molecule has 2 aromatic carbocycles. The number of halogens is 2. The van der Waals surface area contributed by atoms with E-state index in [1.165, 1.54) is 6.08 Å². The Kier molecular flexibility index (Phi) is 4.75. The van der Waals surface area contributed by atoms with Gasteiger partial charge in [0.05, 0.1) is 6.07 Å². The zero-order chi connectivity index (χ0) is 14.4. The van der Waals surface area contributed by atoms with E-state index in [0.717, 1.165) is 5.56 Å². The van der Waals surface area contributed by atoms with Crippen molar-refractivity contribution >= 4 is 17.7 Å². The van der Waals surface area contributed by atoms with E-state index < -0.39 is 6.67 Å². The second-order valence-corrected chi connectivity index (χ2v) is 4.43. The first kappa shape index (κ1) is 14.1. The van der Waals surface area contributed by atoms with E-state index in [1.807, 2.05) is 18.2 Å². The SMILES string of the molecule is N#CC=Cc1ccc(Oc2ccc(Cl)c(CF)c2)cc1. The van der Waals surface area contributed by atoms with Crippen LogP contribution in [-0.4, -0.2) is 0 Å². The fraction of sp³-hybridized carbons (Fsp3) is 0.0625. The van der Waals surface area contributed by atoms with Gasteiger partial charge in [-0.3, -0.25) is 0 Å². The predicted molar refractivity (Wildman–Crippen MR) is 77.4 cm³/mol. The first-order chi connectivity index (χ1) is 9.72. The van der Waals surface area contributed by atoms with Crippen molar-refractivity contribution in [3.8, 4) is 17.6 Å². The summed E-state index contributed by atoms with van der Waals surface area (Å²) in [5.41, 5.74) is 1.30. The normalized spacial score (nSPS) is 10.4. The lowest BCUT2D eigenvalue weighted by Gasteiger charge is -2.08. The average Bonchev–Trinajstić information content (AvgIpc) is 2.48. The molecule has 0 N–H and O–H groups in total. The highest BCUT2D eigenvalue weighted by molar-refractivity contribution is 6.31. The maximum atomic E-state index is 12.7. The number of rotatable bonds is 4. The van der Waals surface area contributed by atoms with Crippen molar-refractivity contribution in [3.63, 3.8) is 0 Å². The molecule has 0 saturated carbocycles. The largest absolute Gasteiger partial charge is 0.457 e. The van der Waals surface area contributed by atoms with Gasteiger partial charge in [0.2, 0.25) is 0 Å². The van der Waals surface area contributed by atoms with Gasteiger partial charge < -0.3 is 4.74 Å². The van der Waals surface area contributed by atoms with Crippen molar-refractivity contribution in [2.24, 2.45) is 0 Å². The summed E-state index contributed by atoms with van der Waals surface area (Å²) in [5.74, 6) is 1.16. The van der Waals surface area contributed by atoms with Crippen LogP contribution in [0.15, 0.2) is 48.5 Å². The second-order valence-electron chi connectivity index (χ2n) is 4.02. The summed E-state index contributed by atoms with van der Waals surface area (Å²) >= 11 is 5.84. The van der Waals surface area contributed by atoms with Gasteiger partial charge in [-0.25, -0.2) is 4.39 Å². The molecular formula is C16H11ClFNO. The van der Waals surface area contributed by atoms with Crippen molar-refractivity contribution < 1.29 is 9.13 Å². The summed E-state index contributed by atoms with van der Waals surface area (Å²) in [6.07, 6.45) is 3.11. The standard InChI is InChI=1S/C16H11ClFNO/c17-16-8-7-15(10-13(16)11-18)20-14-5-3-12(4-6-14)2-1-9-19/h1-8,10H,11H2. The molecule has 0 saturated heterocycles. The zero-order valence-corrected chi connectivity index (χ0v) is 11.3. The Morgan fingerprint density at radius 1 is 1.15 bits per heavy atom. The van der Waals surface area contributed by atoms with Crippen LogP contribution >= 0.6 is 11.6 Å². The molecule has 0 aliphatic rings. The summed E-state index contributed by atoms with van der Waals surface area (Å²) in [6, 6.07) is 14.0. The van der Waals surface area contributed by atoms with Crippen LogP contribution in [0, 0.1) is 11.3 Å². The molecule has 2 rings (SSSR count). The van der Waals surface area contributed by atoms with E-state index in [2.05, 4.69) is 0 Å². The molecule has 0 unspecified atom stereocenters. The zero-order valence-electron chi connectivity index (χ0n) is 10.5. The molecule has 0 aromatic heterocycles. The molecule has 2 nitrogen and oxygen atoms in total. The van der Waals surface area contributed by atoms with Crippen molar-refractivity contribution in [2.75, 3.05) is 0 Å². The van der Waals surface area contributed by atoms with Gasteiger partial charge in [-0.05, 0) is 42.0 Å². The van der Waals surface area contributed by atoms with Crippen LogP contribution in [0.4, 0.5) is 4.39 Å². The molecule has 4 heteroatoms. The molecule has 20 heavy (non-hydrogen) atoms. The Balaban J connectivity index is 2.14. The molecule has 0 bridgehead atoms. The first-order valence-electron chi connectivity index (χ1n) is 5.91. The average molecular weight is 288 g/mol. The topological polar surface area (TPSA) is 33.0 Å². The van der Waals surface area contributed by atoms with E-state index in [4.69, 9.17) is 21.6 Å². The maximum absolute atomic E-state index is 12.7. The summed E-state index contributed by atoms with van der Waals surface area (Å²) in [5, 5.41) is 8.83. The molecule has 0 aliphatic carbocycles. The Labute approximate surface area is 121 Å². The Morgan fingerprint density at radius 2 is 1.85 bits per heavy atom. The summed E-state index contributed by atoms with van der Waals surface area (Å²) in [6.45, 7) is -0.631.